The van der Waals surface area contributed by atoms with E-state index in [1.165, 1.54) is 0 Å². The van der Waals surface area contributed by atoms with Crippen LogP contribution in [0.3, 0.4) is 0 Å². The summed E-state index contributed by atoms with van der Waals surface area (Å²) in [6, 6.07) is 0. The number of ketones is 1. The zero-order valence-corrected chi connectivity index (χ0v) is 18.1. The third kappa shape index (κ3) is 6.64. The van der Waals surface area contributed by atoms with Crippen LogP contribution >= 0.6 is 0 Å². The van der Waals surface area contributed by atoms with Crippen molar-refractivity contribution in [3.8, 4) is 0 Å². The van der Waals surface area contributed by atoms with E-state index in [0.29, 0.717) is 0 Å². The van der Waals surface area contributed by atoms with Crippen LogP contribution in [-0.2, 0) is 33.3 Å². The Kier molecular flexibility index (Phi) is 10.5. The smallest absolute Gasteiger partial charge is 0.306 e. The van der Waals surface area contributed by atoms with E-state index in [1.807, 2.05) is 0 Å². The van der Waals surface area contributed by atoms with Crippen molar-refractivity contribution in [1.29, 1.82) is 0 Å². The molecule has 2 rings (SSSR count). The topological polar surface area (TPSA) is 222 Å². The molecule has 0 bridgehead atoms. The van der Waals surface area contributed by atoms with Crippen LogP contribution in [0.15, 0.2) is 0 Å². The summed E-state index contributed by atoms with van der Waals surface area (Å²) in [5, 5.41) is 69.6. The fraction of sp³-hybridized carbons (Fsp3) is 0.895. The van der Waals surface area contributed by atoms with Crippen molar-refractivity contribution in [1.82, 2.24) is 0 Å². The largest absolute Gasteiger partial charge is 0.466 e. The van der Waals surface area contributed by atoms with Gasteiger partial charge in [0.2, 0.25) is 5.79 Å². The number of aliphatic hydroxyl groups excluding tert-OH is 7. The Morgan fingerprint density at radius 1 is 0.939 bits per heavy atom. The first-order valence-corrected chi connectivity index (χ1v) is 10.5. The Morgan fingerprint density at radius 3 is 2.21 bits per heavy atom. The Balaban J connectivity index is 1.95. The maximum Gasteiger partial charge on any atom is 0.306 e. The van der Waals surface area contributed by atoms with E-state index in [2.05, 4.69) is 0 Å². The summed E-state index contributed by atoms with van der Waals surface area (Å²) < 4.78 is 25.9. The molecule has 2 saturated heterocycles. The molecule has 0 radical (unpaired) electrons. The summed E-state index contributed by atoms with van der Waals surface area (Å²) in [6.07, 6.45) is -13.4. The number of ether oxygens (including phenoxy) is 5. The van der Waals surface area contributed by atoms with Crippen LogP contribution in [0, 0.1) is 0 Å². The second-order valence-corrected chi connectivity index (χ2v) is 7.74. The SMILES string of the molecule is CCOC(=O)CCC(=O)COC[C@H]1O[C@H](O[C@]2(CO)O[C@H](CO)[C@@H](O)[C@@H]2O)[C@H](O)[C@@H](O)[C@@H]1O. The first kappa shape index (κ1) is 27.9. The molecule has 0 aliphatic carbocycles. The fourth-order valence-corrected chi connectivity index (χ4v) is 3.45. The number of rotatable bonds is 12. The number of hydrogen-bond donors (Lipinski definition) is 7. The number of aliphatic hydroxyl groups is 7. The number of carbonyl (C=O) groups is 2. The lowest BCUT2D eigenvalue weighted by atomic mass is 9.99. The predicted molar refractivity (Wildman–Crippen MR) is 103 cm³/mol. The van der Waals surface area contributed by atoms with Gasteiger partial charge >= 0.3 is 5.97 Å². The average molecular weight is 484 g/mol. The number of Topliss-reactive ketones (excluding diaryl/α,β-unsaturated/α-hetero) is 1. The quantitative estimate of drug-likeness (QED) is 0.130. The summed E-state index contributed by atoms with van der Waals surface area (Å²) >= 11 is 0. The normalized spacial score (nSPS) is 38.9. The third-order valence-electron chi connectivity index (χ3n) is 5.35. The minimum absolute atomic E-state index is 0.119. The minimum atomic E-state index is -2.30. The van der Waals surface area contributed by atoms with Gasteiger partial charge in [-0.05, 0) is 6.92 Å². The highest BCUT2D eigenvalue weighted by atomic mass is 16.8. The summed E-state index contributed by atoms with van der Waals surface area (Å²) in [4.78, 5) is 23.1. The molecule has 7 N–H and O–H groups in total. The Labute approximate surface area is 189 Å². The van der Waals surface area contributed by atoms with Gasteiger partial charge in [0.05, 0.1) is 26.2 Å². The molecule has 0 unspecified atom stereocenters. The third-order valence-corrected chi connectivity index (χ3v) is 5.35. The zero-order chi connectivity index (χ0) is 24.8. The molecule has 192 valence electrons. The first-order valence-electron chi connectivity index (χ1n) is 10.5. The van der Waals surface area contributed by atoms with Crippen molar-refractivity contribution in [2.75, 3.05) is 33.0 Å². The molecule has 0 aromatic heterocycles. The second kappa shape index (κ2) is 12.4. The van der Waals surface area contributed by atoms with E-state index >= 15 is 0 Å². The molecule has 2 heterocycles. The second-order valence-electron chi connectivity index (χ2n) is 7.74. The molecule has 14 nitrogen and oxygen atoms in total. The van der Waals surface area contributed by atoms with Gasteiger partial charge in [-0.3, -0.25) is 9.59 Å². The molecule has 33 heavy (non-hydrogen) atoms. The number of carbonyl (C=O) groups excluding carboxylic acids is 2. The molecule has 9 atom stereocenters. The first-order chi connectivity index (χ1) is 15.6. The summed E-state index contributed by atoms with van der Waals surface area (Å²) in [7, 11) is 0. The molecular formula is C19H32O14. The van der Waals surface area contributed by atoms with E-state index in [4.69, 9.17) is 23.7 Å². The van der Waals surface area contributed by atoms with Crippen molar-refractivity contribution < 1.29 is 69.0 Å². The van der Waals surface area contributed by atoms with Crippen LogP contribution in [0.1, 0.15) is 19.8 Å². The molecule has 2 aliphatic heterocycles. The molecular weight excluding hydrogens is 452 g/mol. The Morgan fingerprint density at radius 2 is 1.64 bits per heavy atom. The fourth-order valence-electron chi connectivity index (χ4n) is 3.45. The molecule has 2 aliphatic rings. The van der Waals surface area contributed by atoms with Gasteiger partial charge in [-0.2, -0.15) is 0 Å². The number of hydrogen-bond acceptors (Lipinski definition) is 14. The van der Waals surface area contributed by atoms with Gasteiger partial charge in [0, 0.05) is 6.42 Å². The van der Waals surface area contributed by atoms with E-state index in [9.17, 15) is 45.3 Å². The molecule has 0 aromatic carbocycles. The van der Waals surface area contributed by atoms with Crippen LogP contribution in [0.25, 0.3) is 0 Å². The molecule has 0 spiro atoms. The van der Waals surface area contributed by atoms with Gasteiger partial charge in [-0.25, -0.2) is 0 Å². The summed E-state index contributed by atoms with van der Waals surface area (Å²) in [5.41, 5.74) is 0. The van der Waals surface area contributed by atoms with Crippen LogP contribution in [0.2, 0.25) is 0 Å². The standard InChI is InChI=1S/C19H32O14/c1-2-30-12(23)4-3-9(22)6-29-7-11-13(24)15(26)16(27)18(31-11)33-19(8-21)17(28)14(25)10(5-20)32-19/h10-11,13-18,20-21,24-28H,2-8H2,1H3/t10-,11-,13-,14-,15+,16-,17+,18-,19+/m1/s1. The lowest BCUT2D eigenvalue weighted by molar-refractivity contribution is -0.384. The molecule has 2 fully saturated rings. The van der Waals surface area contributed by atoms with Crippen molar-refractivity contribution in [3.05, 3.63) is 0 Å². The zero-order valence-electron chi connectivity index (χ0n) is 18.1. The van der Waals surface area contributed by atoms with Crippen molar-refractivity contribution in [2.24, 2.45) is 0 Å². The number of esters is 1. The van der Waals surface area contributed by atoms with E-state index in [-0.39, 0.29) is 19.4 Å². The molecule has 14 heteroatoms. The van der Waals surface area contributed by atoms with Crippen LogP contribution in [0.5, 0.6) is 0 Å². The van der Waals surface area contributed by atoms with Gasteiger partial charge in [0.1, 0.15) is 55.9 Å². The average Bonchev–Trinajstić information content (AvgIpc) is 3.04. The van der Waals surface area contributed by atoms with Crippen LogP contribution < -0.4 is 0 Å². The summed E-state index contributed by atoms with van der Waals surface area (Å²) in [6.45, 7) is -0.744. The summed E-state index contributed by atoms with van der Waals surface area (Å²) in [5.74, 6) is -3.25. The maximum absolute atomic E-state index is 11.8. The van der Waals surface area contributed by atoms with Gasteiger partial charge in [0.25, 0.3) is 0 Å². The van der Waals surface area contributed by atoms with Crippen LogP contribution in [-0.4, -0.2) is 135 Å². The van der Waals surface area contributed by atoms with Crippen molar-refractivity contribution in [3.63, 3.8) is 0 Å². The highest BCUT2D eigenvalue weighted by molar-refractivity contribution is 5.83. The van der Waals surface area contributed by atoms with Gasteiger partial charge < -0.3 is 59.4 Å². The Bertz CT molecular complexity index is 646. The predicted octanol–water partition coefficient (Wildman–Crippen LogP) is -4.46. The van der Waals surface area contributed by atoms with E-state index < -0.39 is 93.0 Å². The molecule has 0 saturated carbocycles. The highest BCUT2D eigenvalue weighted by Gasteiger charge is 2.58. The minimum Gasteiger partial charge on any atom is -0.466 e. The lowest BCUT2D eigenvalue weighted by Crippen LogP contribution is -2.62. The van der Waals surface area contributed by atoms with Gasteiger partial charge in [-0.15, -0.1) is 0 Å². The molecule has 0 amide bonds. The van der Waals surface area contributed by atoms with E-state index in [0.717, 1.165) is 0 Å². The highest BCUT2D eigenvalue weighted by Crippen LogP contribution is 2.36. The van der Waals surface area contributed by atoms with Crippen molar-refractivity contribution in [2.45, 2.75) is 74.6 Å². The van der Waals surface area contributed by atoms with Gasteiger partial charge in [-0.1, -0.05) is 0 Å². The van der Waals surface area contributed by atoms with Crippen molar-refractivity contribution >= 4 is 11.8 Å². The maximum atomic E-state index is 11.8. The lowest BCUT2D eigenvalue weighted by Gasteiger charge is -2.43. The van der Waals surface area contributed by atoms with Gasteiger partial charge in [0.15, 0.2) is 12.1 Å². The monoisotopic (exact) mass is 484 g/mol. The van der Waals surface area contributed by atoms with E-state index in [1.54, 1.807) is 6.92 Å². The van der Waals surface area contributed by atoms with Crippen LogP contribution in [0.4, 0.5) is 0 Å². The Hall–Kier alpha value is -1.30. The molecule has 0 aromatic rings.